The molecule has 1 amide bonds. The SMILES string of the molecule is CC[C@@H](NC(=O)CN(c1ccc(Cl)c(C(F)(F)F)c1)S(=O)(=O)c1ccccc1)c1ccccc1. The van der Waals surface area contributed by atoms with Gasteiger partial charge < -0.3 is 5.32 Å². The van der Waals surface area contributed by atoms with E-state index < -0.39 is 45.3 Å². The van der Waals surface area contributed by atoms with Crippen LogP contribution in [-0.2, 0) is 21.0 Å². The number of carbonyl (C=O) groups is 1. The number of benzene rings is 3. The van der Waals surface area contributed by atoms with Gasteiger partial charge in [-0.1, -0.05) is 67.1 Å². The molecule has 3 aromatic rings. The highest BCUT2D eigenvalue weighted by atomic mass is 35.5. The molecule has 3 rings (SSSR count). The Hall–Kier alpha value is -3.04. The van der Waals surface area contributed by atoms with Crippen LogP contribution in [0.25, 0.3) is 0 Å². The number of hydrogen-bond acceptors (Lipinski definition) is 3. The van der Waals surface area contributed by atoms with Crippen LogP contribution in [-0.4, -0.2) is 20.9 Å². The van der Waals surface area contributed by atoms with Crippen molar-refractivity contribution in [1.29, 1.82) is 0 Å². The first-order chi connectivity index (χ1) is 16.0. The lowest BCUT2D eigenvalue weighted by atomic mass is 10.0. The van der Waals surface area contributed by atoms with Crippen LogP contribution in [0.1, 0.15) is 30.5 Å². The maximum Gasteiger partial charge on any atom is 0.417 e. The standard InChI is InChI=1S/C24H22ClF3N2O3S/c1-2-22(17-9-5-3-6-10-17)29-23(31)16-30(34(32,33)19-11-7-4-8-12-19)18-13-14-21(25)20(15-18)24(26,27)28/h3-15,22H,2,16H2,1H3,(H,29,31)/t22-/m1/s1. The molecule has 0 heterocycles. The van der Waals surface area contributed by atoms with Crippen molar-refractivity contribution in [3.05, 3.63) is 95.0 Å². The van der Waals surface area contributed by atoms with Gasteiger partial charge >= 0.3 is 6.18 Å². The van der Waals surface area contributed by atoms with Crippen molar-refractivity contribution in [1.82, 2.24) is 5.32 Å². The fraction of sp³-hybridized carbons (Fsp3) is 0.208. The van der Waals surface area contributed by atoms with Crippen LogP contribution in [0.5, 0.6) is 0 Å². The minimum Gasteiger partial charge on any atom is -0.348 e. The molecule has 0 saturated carbocycles. The molecule has 0 aromatic heterocycles. The van der Waals surface area contributed by atoms with Crippen LogP contribution >= 0.6 is 11.6 Å². The number of carbonyl (C=O) groups excluding carboxylic acids is 1. The maximum atomic E-state index is 13.4. The molecule has 0 saturated heterocycles. The quantitative estimate of drug-likeness (QED) is 0.415. The first-order valence-electron chi connectivity index (χ1n) is 10.3. The summed E-state index contributed by atoms with van der Waals surface area (Å²) in [6.07, 6.45) is -4.28. The van der Waals surface area contributed by atoms with Crippen LogP contribution < -0.4 is 9.62 Å². The highest BCUT2D eigenvalue weighted by molar-refractivity contribution is 7.92. The molecular formula is C24H22ClF3N2O3S. The van der Waals surface area contributed by atoms with Gasteiger partial charge in [0.15, 0.2) is 0 Å². The second-order valence-corrected chi connectivity index (χ2v) is 9.70. The molecule has 5 nitrogen and oxygen atoms in total. The molecule has 34 heavy (non-hydrogen) atoms. The van der Waals surface area contributed by atoms with Gasteiger partial charge in [0, 0.05) is 0 Å². The summed E-state index contributed by atoms with van der Waals surface area (Å²) in [4.78, 5) is 12.8. The van der Waals surface area contributed by atoms with Crippen molar-refractivity contribution >= 4 is 33.2 Å². The Kier molecular flexibility index (Phi) is 7.89. The van der Waals surface area contributed by atoms with E-state index in [9.17, 15) is 26.4 Å². The molecule has 0 fully saturated rings. The molecule has 0 unspecified atom stereocenters. The van der Waals surface area contributed by atoms with E-state index in [-0.39, 0.29) is 10.6 Å². The van der Waals surface area contributed by atoms with E-state index in [1.165, 1.54) is 24.3 Å². The smallest absolute Gasteiger partial charge is 0.348 e. The van der Waals surface area contributed by atoms with E-state index in [0.29, 0.717) is 16.8 Å². The highest BCUT2D eigenvalue weighted by Gasteiger charge is 2.35. The Morgan fingerprint density at radius 3 is 2.15 bits per heavy atom. The monoisotopic (exact) mass is 510 g/mol. The Bertz CT molecular complexity index is 1240. The second-order valence-electron chi connectivity index (χ2n) is 7.43. The van der Waals surface area contributed by atoms with Gasteiger partial charge in [0.1, 0.15) is 6.54 Å². The molecule has 180 valence electrons. The molecule has 0 radical (unpaired) electrons. The molecule has 0 spiro atoms. The number of halogens is 4. The zero-order chi connectivity index (χ0) is 24.9. The number of anilines is 1. The van der Waals surface area contributed by atoms with Crippen molar-refractivity contribution in [3.8, 4) is 0 Å². The highest BCUT2D eigenvalue weighted by Crippen LogP contribution is 2.38. The van der Waals surface area contributed by atoms with E-state index >= 15 is 0 Å². The molecule has 0 bridgehead atoms. The Balaban J connectivity index is 2.00. The fourth-order valence-corrected chi connectivity index (χ4v) is 5.06. The Labute approximate surface area is 201 Å². The number of rotatable bonds is 8. The van der Waals surface area contributed by atoms with E-state index in [0.717, 1.165) is 17.7 Å². The van der Waals surface area contributed by atoms with E-state index in [1.807, 2.05) is 37.3 Å². The summed E-state index contributed by atoms with van der Waals surface area (Å²) in [6, 6.07) is 18.6. The van der Waals surface area contributed by atoms with E-state index in [1.54, 1.807) is 6.07 Å². The van der Waals surface area contributed by atoms with Gasteiger partial charge in [0.2, 0.25) is 5.91 Å². The van der Waals surface area contributed by atoms with Gasteiger partial charge in [-0.2, -0.15) is 13.2 Å². The third-order valence-electron chi connectivity index (χ3n) is 5.11. The maximum absolute atomic E-state index is 13.4. The van der Waals surface area contributed by atoms with Crippen molar-refractivity contribution in [2.45, 2.75) is 30.5 Å². The third kappa shape index (κ3) is 5.90. The summed E-state index contributed by atoms with van der Waals surface area (Å²) >= 11 is 5.71. The van der Waals surface area contributed by atoms with Gasteiger partial charge in [-0.3, -0.25) is 9.10 Å². The molecule has 0 aliphatic rings. The number of hydrogen-bond donors (Lipinski definition) is 1. The number of sulfonamides is 1. The van der Waals surface area contributed by atoms with Crippen molar-refractivity contribution in [2.24, 2.45) is 0 Å². The van der Waals surface area contributed by atoms with Gasteiger partial charge in [0.05, 0.1) is 27.2 Å². The van der Waals surface area contributed by atoms with E-state index in [2.05, 4.69) is 5.32 Å². The van der Waals surface area contributed by atoms with Gasteiger partial charge in [-0.05, 0) is 42.3 Å². The van der Waals surface area contributed by atoms with Crippen molar-refractivity contribution in [3.63, 3.8) is 0 Å². The van der Waals surface area contributed by atoms with Crippen molar-refractivity contribution < 1.29 is 26.4 Å². The number of nitrogens with one attached hydrogen (secondary N) is 1. The molecule has 1 atom stereocenters. The second kappa shape index (κ2) is 10.5. The number of alkyl halides is 3. The van der Waals surface area contributed by atoms with Gasteiger partial charge in [-0.15, -0.1) is 0 Å². The minimum absolute atomic E-state index is 0.165. The third-order valence-corrected chi connectivity index (χ3v) is 7.22. The summed E-state index contributed by atoms with van der Waals surface area (Å²) in [5.74, 6) is -0.668. The van der Waals surface area contributed by atoms with Gasteiger partial charge in [0.25, 0.3) is 10.0 Å². The molecule has 1 N–H and O–H groups in total. The summed E-state index contributed by atoms with van der Waals surface area (Å²) in [6.45, 7) is 1.13. The molecule has 0 aliphatic heterocycles. The van der Waals surface area contributed by atoms with Crippen LogP contribution in [0.4, 0.5) is 18.9 Å². The topological polar surface area (TPSA) is 66.5 Å². The molecular weight excluding hydrogens is 489 g/mol. The lowest BCUT2D eigenvalue weighted by Crippen LogP contribution is -2.42. The average molecular weight is 511 g/mol. The zero-order valence-electron chi connectivity index (χ0n) is 18.1. The first kappa shape index (κ1) is 25.6. The summed E-state index contributed by atoms with van der Waals surface area (Å²) in [5.41, 5.74) is -0.707. The predicted octanol–water partition coefficient (Wildman–Crippen LogP) is 5.82. The molecule has 10 heteroatoms. The Morgan fingerprint density at radius 1 is 1.00 bits per heavy atom. The molecule has 3 aromatic carbocycles. The number of nitrogens with zero attached hydrogens (tertiary/aromatic N) is 1. The van der Waals surface area contributed by atoms with Crippen LogP contribution in [0.3, 0.4) is 0 Å². The normalized spacial score (nSPS) is 12.7. The molecule has 0 aliphatic carbocycles. The fourth-order valence-electron chi connectivity index (χ4n) is 3.40. The summed E-state index contributed by atoms with van der Waals surface area (Å²) in [7, 11) is -4.37. The van der Waals surface area contributed by atoms with Crippen LogP contribution in [0.15, 0.2) is 83.8 Å². The Morgan fingerprint density at radius 2 is 1.59 bits per heavy atom. The summed E-state index contributed by atoms with van der Waals surface area (Å²) < 4.78 is 67.7. The van der Waals surface area contributed by atoms with Crippen LogP contribution in [0, 0.1) is 0 Å². The van der Waals surface area contributed by atoms with Crippen LogP contribution in [0.2, 0.25) is 5.02 Å². The average Bonchev–Trinajstić information content (AvgIpc) is 2.82. The minimum atomic E-state index is -4.81. The lowest BCUT2D eigenvalue weighted by Gasteiger charge is -2.26. The first-order valence-corrected chi connectivity index (χ1v) is 12.1. The summed E-state index contributed by atoms with van der Waals surface area (Å²) in [5, 5.41) is 2.19. The lowest BCUT2D eigenvalue weighted by molar-refractivity contribution is -0.137. The van der Waals surface area contributed by atoms with Crippen molar-refractivity contribution in [2.75, 3.05) is 10.8 Å². The predicted molar refractivity (Wildman–Crippen MR) is 125 cm³/mol. The number of amides is 1. The largest absolute Gasteiger partial charge is 0.417 e. The van der Waals surface area contributed by atoms with E-state index in [4.69, 9.17) is 11.6 Å². The zero-order valence-corrected chi connectivity index (χ0v) is 19.7. The van der Waals surface area contributed by atoms with Gasteiger partial charge in [-0.25, -0.2) is 8.42 Å².